The molecule has 2 aromatic rings. The van der Waals surface area contributed by atoms with Crippen LogP contribution in [0, 0.1) is 0 Å². The van der Waals surface area contributed by atoms with Gasteiger partial charge in [-0.3, -0.25) is 0 Å². The first-order valence-electron chi connectivity index (χ1n) is 9.57. The Morgan fingerprint density at radius 3 is 1.22 bits per heavy atom. The first-order chi connectivity index (χ1) is 14.3. The zero-order chi connectivity index (χ0) is 24.9. The lowest BCUT2D eigenvalue weighted by atomic mass is 9.72. The summed E-state index contributed by atoms with van der Waals surface area (Å²) in [6.07, 6.45) is -10.0. The normalized spacial score (nSPS) is 18.5. The van der Waals surface area contributed by atoms with E-state index < -0.39 is 51.6 Å². The van der Waals surface area contributed by atoms with E-state index in [-0.39, 0.29) is 17.5 Å². The summed E-state index contributed by atoms with van der Waals surface area (Å²) in [5.41, 5.74) is -9.27. The van der Waals surface area contributed by atoms with E-state index in [1.807, 2.05) is 0 Å². The first-order valence-corrected chi connectivity index (χ1v) is 9.57. The summed E-state index contributed by atoms with van der Waals surface area (Å²) in [5.74, 6) is -1.61. The number of aliphatic hydroxyl groups is 2. The molecule has 0 saturated carbocycles. The van der Waals surface area contributed by atoms with Gasteiger partial charge in [-0.15, -0.1) is 0 Å². The van der Waals surface area contributed by atoms with Crippen molar-refractivity contribution in [3.8, 4) is 11.5 Å². The number of halogens is 6. The number of hydrogen-bond donors (Lipinski definition) is 4. The van der Waals surface area contributed by atoms with E-state index in [0.29, 0.717) is 13.8 Å². The maximum Gasteiger partial charge on any atom is 0.421 e. The van der Waals surface area contributed by atoms with Crippen LogP contribution in [-0.4, -0.2) is 32.8 Å². The third-order valence-corrected chi connectivity index (χ3v) is 6.13. The quantitative estimate of drug-likeness (QED) is 0.448. The van der Waals surface area contributed by atoms with Crippen molar-refractivity contribution < 1.29 is 46.8 Å². The average Bonchev–Trinajstić information content (AvgIpc) is 2.66. The molecular weight excluding hydrogens is 442 g/mol. The van der Waals surface area contributed by atoms with Gasteiger partial charge in [-0.1, -0.05) is 26.0 Å². The minimum atomic E-state index is -5.11. The van der Waals surface area contributed by atoms with Crippen molar-refractivity contribution >= 4 is 0 Å². The van der Waals surface area contributed by atoms with Crippen LogP contribution in [0.3, 0.4) is 0 Å². The fraction of sp³-hybridized carbons (Fsp3) is 0.455. The van der Waals surface area contributed by atoms with Crippen molar-refractivity contribution in [1.82, 2.24) is 0 Å². The van der Waals surface area contributed by atoms with Gasteiger partial charge in [0.25, 0.3) is 0 Å². The standard InChI is InChI=1S/C22H24F6O4/c1-5-18(2,12-6-8-16(29)14(10-12)19(3,31)21(23,24)25)13-7-9-17(30)15(11-13)20(4,32)22(26,27)28/h6-11,29-32H,5H2,1-4H3. The molecular formula is C22H24F6O4. The van der Waals surface area contributed by atoms with Crippen LogP contribution < -0.4 is 0 Å². The molecule has 0 aromatic heterocycles. The molecule has 32 heavy (non-hydrogen) atoms. The molecule has 2 aromatic carbocycles. The molecule has 0 aliphatic rings. The fourth-order valence-electron chi connectivity index (χ4n) is 3.42. The lowest BCUT2D eigenvalue weighted by molar-refractivity contribution is -0.259. The van der Waals surface area contributed by atoms with Gasteiger partial charge in [-0.05, 0) is 55.7 Å². The van der Waals surface area contributed by atoms with E-state index in [1.54, 1.807) is 13.8 Å². The Morgan fingerprint density at radius 2 is 0.969 bits per heavy atom. The third kappa shape index (κ3) is 4.13. The van der Waals surface area contributed by atoms with E-state index >= 15 is 0 Å². The fourth-order valence-corrected chi connectivity index (χ4v) is 3.42. The number of benzene rings is 2. The minimum absolute atomic E-state index is 0.167. The van der Waals surface area contributed by atoms with Crippen LogP contribution in [0.25, 0.3) is 0 Å². The summed E-state index contributed by atoms with van der Waals surface area (Å²) in [6, 6.07) is 6.41. The summed E-state index contributed by atoms with van der Waals surface area (Å²) >= 11 is 0. The van der Waals surface area contributed by atoms with E-state index in [9.17, 15) is 46.8 Å². The third-order valence-electron chi connectivity index (χ3n) is 6.13. The Hall–Kier alpha value is -2.46. The molecule has 0 aliphatic carbocycles. The molecule has 178 valence electrons. The zero-order valence-electron chi connectivity index (χ0n) is 17.7. The molecule has 0 fully saturated rings. The van der Waals surface area contributed by atoms with Crippen LogP contribution >= 0.6 is 0 Å². The first kappa shape index (κ1) is 25.8. The molecule has 2 rings (SSSR count). The number of aromatic hydroxyl groups is 2. The molecule has 0 bridgehead atoms. The van der Waals surface area contributed by atoms with E-state index in [0.717, 1.165) is 24.3 Å². The van der Waals surface area contributed by atoms with Gasteiger partial charge in [0, 0.05) is 16.5 Å². The number of phenols is 2. The maximum absolute atomic E-state index is 13.3. The number of alkyl halides is 6. The van der Waals surface area contributed by atoms with Crippen LogP contribution in [0.5, 0.6) is 11.5 Å². The van der Waals surface area contributed by atoms with Gasteiger partial charge in [0.2, 0.25) is 0 Å². The number of phenolic OH excluding ortho intramolecular Hbond substituents is 2. The molecule has 0 heterocycles. The maximum atomic E-state index is 13.3. The smallest absolute Gasteiger partial charge is 0.421 e. The van der Waals surface area contributed by atoms with Crippen LogP contribution in [0.4, 0.5) is 26.3 Å². The van der Waals surface area contributed by atoms with Crippen molar-refractivity contribution in [1.29, 1.82) is 0 Å². The molecule has 2 atom stereocenters. The summed E-state index contributed by atoms with van der Waals surface area (Å²) in [5, 5.41) is 40.0. The second-order valence-electron chi connectivity index (χ2n) is 8.29. The largest absolute Gasteiger partial charge is 0.508 e. The Morgan fingerprint density at radius 1 is 0.656 bits per heavy atom. The van der Waals surface area contributed by atoms with Gasteiger partial charge >= 0.3 is 12.4 Å². The Bertz CT molecular complexity index is 917. The van der Waals surface area contributed by atoms with Gasteiger partial charge in [0.05, 0.1) is 0 Å². The highest BCUT2D eigenvalue weighted by molar-refractivity contribution is 5.50. The van der Waals surface area contributed by atoms with Gasteiger partial charge in [0.1, 0.15) is 11.5 Å². The van der Waals surface area contributed by atoms with Crippen molar-refractivity contribution in [3.05, 3.63) is 58.7 Å². The predicted octanol–water partition coefficient (Wildman–Crippen LogP) is 5.35. The minimum Gasteiger partial charge on any atom is -0.508 e. The lowest BCUT2D eigenvalue weighted by Crippen LogP contribution is -2.40. The van der Waals surface area contributed by atoms with E-state index in [2.05, 4.69) is 0 Å². The van der Waals surface area contributed by atoms with Crippen LogP contribution in [-0.2, 0) is 16.6 Å². The molecule has 0 aliphatic heterocycles. The molecule has 0 radical (unpaired) electrons. The second-order valence-corrected chi connectivity index (χ2v) is 8.29. The molecule has 4 nitrogen and oxygen atoms in total. The summed E-state index contributed by atoms with van der Waals surface area (Å²) in [6.45, 7) is 4.15. The second kappa shape index (κ2) is 7.84. The molecule has 0 saturated heterocycles. The number of rotatable bonds is 5. The van der Waals surface area contributed by atoms with Crippen LogP contribution in [0.2, 0.25) is 0 Å². The van der Waals surface area contributed by atoms with Crippen molar-refractivity contribution in [2.45, 2.75) is 63.1 Å². The molecule has 2 unspecified atom stereocenters. The highest BCUT2D eigenvalue weighted by Crippen LogP contribution is 2.47. The lowest BCUT2D eigenvalue weighted by Gasteiger charge is -2.34. The summed E-state index contributed by atoms with van der Waals surface area (Å²) in [4.78, 5) is 0. The van der Waals surface area contributed by atoms with E-state index in [1.165, 1.54) is 12.1 Å². The van der Waals surface area contributed by atoms with Gasteiger partial charge in [0.15, 0.2) is 11.2 Å². The summed E-state index contributed by atoms with van der Waals surface area (Å²) < 4.78 is 80.1. The van der Waals surface area contributed by atoms with Gasteiger partial charge < -0.3 is 20.4 Å². The monoisotopic (exact) mass is 466 g/mol. The Labute approximate surface area is 180 Å². The van der Waals surface area contributed by atoms with Gasteiger partial charge in [-0.25, -0.2) is 0 Å². The highest BCUT2D eigenvalue weighted by Gasteiger charge is 2.54. The molecule has 4 N–H and O–H groups in total. The summed E-state index contributed by atoms with van der Waals surface area (Å²) in [7, 11) is 0. The van der Waals surface area contributed by atoms with Crippen molar-refractivity contribution in [2.24, 2.45) is 0 Å². The van der Waals surface area contributed by atoms with Crippen LogP contribution in [0.15, 0.2) is 36.4 Å². The Kier molecular flexibility index (Phi) is 6.32. The zero-order valence-corrected chi connectivity index (χ0v) is 17.7. The van der Waals surface area contributed by atoms with Crippen molar-refractivity contribution in [2.75, 3.05) is 0 Å². The number of hydrogen-bond acceptors (Lipinski definition) is 4. The SMILES string of the molecule is CCC(C)(c1ccc(O)c(C(C)(O)C(F)(F)F)c1)c1ccc(O)c(C(C)(O)C(F)(F)F)c1. The molecule has 0 amide bonds. The van der Waals surface area contributed by atoms with Crippen LogP contribution in [0.1, 0.15) is 56.4 Å². The topological polar surface area (TPSA) is 80.9 Å². The average molecular weight is 466 g/mol. The highest BCUT2D eigenvalue weighted by atomic mass is 19.4. The molecule has 10 heteroatoms. The van der Waals surface area contributed by atoms with Gasteiger partial charge in [-0.2, -0.15) is 26.3 Å². The predicted molar refractivity (Wildman–Crippen MR) is 104 cm³/mol. The van der Waals surface area contributed by atoms with E-state index in [4.69, 9.17) is 0 Å². The Balaban J connectivity index is 2.74. The van der Waals surface area contributed by atoms with Crippen molar-refractivity contribution in [3.63, 3.8) is 0 Å². The molecule has 0 spiro atoms.